The summed E-state index contributed by atoms with van der Waals surface area (Å²) < 4.78 is 0.918. The number of pyridine rings is 1. The van der Waals surface area contributed by atoms with Gasteiger partial charge in [0.05, 0.1) is 5.69 Å². The molecule has 2 nitrogen and oxygen atoms in total. The van der Waals surface area contributed by atoms with Crippen LogP contribution < -0.4 is 5.32 Å². The first kappa shape index (κ1) is 9.00. The third-order valence-electron chi connectivity index (χ3n) is 2.47. The van der Waals surface area contributed by atoms with Gasteiger partial charge in [0.1, 0.15) is 4.60 Å². The van der Waals surface area contributed by atoms with Gasteiger partial charge >= 0.3 is 0 Å². The zero-order chi connectivity index (χ0) is 9.10. The standard InChI is InChI=1S/C10H13BrN2/c11-10-9(6-3-7-12-10)13-8-4-1-2-5-8/h3,6-8,13H,1-2,4-5H2. The maximum Gasteiger partial charge on any atom is 0.129 e. The van der Waals surface area contributed by atoms with Crippen LogP contribution in [0.3, 0.4) is 0 Å². The largest absolute Gasteiger partial charge is 0.380 e. The van der Waals surface area contributed by atoms with Gasteiger partial charge in [0.25, 0.3) is 0 Å². The monoisotopic (exact) mass is 240 g/mol. The van der Waals surface area contributed by atoms with Gasteiger partial charge in [-0.05, 0) is 40.9 Å². The highest BCUT2D eigenvalue weighted by Crippen LogP contribution is 2.25. The zero-order valence-electron chi connectivity index (χ0n) is 7.46. The number of halogens is 1. The van der Waals surface area contributed by atoms with Crippen LogP contribution in [0.1, 0.15) is 25.7 Å². The Labute approximate surface area is 86.9 Å². The van der Waals surface area contributed by atoms with Crippen LogP contribution in [0.25, 0.3) is 0 Å². The van der Waals surface area contributed by atoms with E-state index in [1.54, 1.807) is 6.20 Å². The number of aromatic nitrogens is 1. The summed E-state index contributed by atoms with van der Waals surface area (Å²) in [6.07, 6.45) is 7.09. The summed E-state index contributed by atoms with van der Waals surface area (Å²) in [5.41, 5.74) is 1.12. The third kappa shape index (κ3) is 2.21. The molecule has 1 fully saturated rings. The summed E-state index contributed by atoms with van der Waals surface area (Å²) in [7, 11) is 0. The molecule has 0 spiro atoms. The van der Waals surface area contributed by atoms with Gasteiger partial charge < -0.3 is 5.32 Å². The van der Waals surface area contributed by atoms with Crippen molar-refractivity contribution < 1.29 is 0 Å². The van der Waals surface area contributed by atoms with Crippen LogP contribution in [-0.4, -0.2) is 11.0 Å². The van der Waals surface area contributed by atoms with Crippen LogP contribution in [0.15, 0.2) is 22.9 Å². The Hall–Kier alpha value is -0.570. The number of nitrogens with one attached hydrogen (secondary N) is 1. The average molecular weight is 241 g/mol. The molecule has 13 heavy (non-hydrogen) atoms. The minimum atomic E-state index is 0.653. The molecule has 1 saturated carbocycles. The predicted octanol–water partition coefficient (Wildman–Crippen LogP) is 3.20. The molecule has 0 atom stereocenters. The summed E-state index contributed by atoms with van der Waals surface area (Å²) in [5, 5.41) is 3.50. The Kier molecular flexibility index (Phi) is 2.83. The van der Waals surface area contributed by atoms with Gasteiger partial charge in [0.15, 0.2) is 0 Å². The lowest BCUT2D eigenvalue weighted by molar-refractivity contribution is 0.754. The summed E-state index contributed by atoms with van der Waals surface area (Å²) in [6.45, 7) is 0. The first-order chi connectivity index (χ1) is 6.36. The van der Waals surface area contributed by atoms with E-state index in [4.69, 9.17) is 0 Å². The quantitative estimate of drug-likeness (QED) is 0.804. The molecule has 0 unspecified atom stereocenters. The van der Waals surface area contributed by atoms with Crippen LogP contribution in [-0.2, 0) is 0 Å². The second-order valence-electron chi connectivity index (χ2n) is 3.47. The molecule has 1 N–H and O–H groups in total. The van der Waals surface area contributed by atoms with E-state index in [1.807, 2.05) is 6.07 Å². The van der Waals surface area contributed by atoms with Crippen molar-refractivity contribution >= 4 is 21.6 Å². The lowest BCUT2D eigenvalue weighted by Crippen LogP contribution is -2.14. The first-order valence-electron chi connectivity index (χ1n) is 4.73. The van der Waals surface area contributed by atoms with Crippen molar-refractivity contribution in [1.82, 2.24) is 4.98 Å². The van der Waals surface area contributed by atoms with E-state index in [9.17, 15) is 0 Å². The lowest BCUT2D eigenvalue weighted by atomic mass is 10.2. The minimum absolute atomic E-state index is 0.653. The van der Waals surface area contributed by atoms with Crippen molar-refractivity contribution in [2.45, 2.75) is 31.7 Å². The molecule has 0 aromatic carbocycles. The van der Waals surface area contributed by atoms with Crippen molar-refractivity contribution in [2.24, 2.45) is 0 Å². The van der Waals surface area contributed by atoms with E-state index in [0.717, 1.165) is 10.3 Å². The van der Waals surface area contributed by atoms with Crippen molar-refractivity contribution in [3.8, 4) is 0 Å². The number of nitrogens with zero attached hydrogens (tertiary/aromatic N) is 1. The number of hydrogen-bond donors (Lipinski definition) is 1. The highest BCUT2D eigenvalue weighted by Gasteiger charge is 2.15. The summed E-state index contributed by atoms with van der Waals surface area (Å²) in [4.78, 5) is 4.18. The molecular formula is C10H13BrN2. The second-order valence-corrected chi connectivity index (χ2v) is 4.22. The molecule has 0 aliphatic heterocycles. The molecule has 2 rings (SSSR count). The summed E-state index contributed by atoms with van der Waals surface area (Å²) >= 11 is 3.43. The van der Waals surface area contributed by atoms with Gasteiger partial charge in [-0.25, -0.2) is 4.98 Å². The van der Waals surface area contributed by atoms with Gasteiger partial charge in [-0.2, -0.15) is 0 Å². The van der Waals surface area contributed by atoms with E-state index in [1.165, 1.54) is 25.7 Å². The molecule has 1 aromatic rings. The van der Waals surface area contributed by atoms with Crippen LogP contribution >= 0.6 is 15.9 Å². The van der Waals surface area contributed by atoms with Crippen LogP contribution in [0, 0.1) is 0 Å². The maximum absolute atomic E-state index is 4.18. The Morgan fingerprint density at radius 2 is 2.15 bits per heavy atom. The topological polar surface area (TPSA) is 24.9 Å². The third-order valence-corrected chi connectivity index (χ3v) is 3.11. The number of anilines is 1. The number of hydrogen-bond acceptors (Lipinski definition) is 2. The van der Waals surface area contributed by atoms with E-state index in [2.05, 4.69) is 32.3 Å². The summed E-state index contributed by atoms with van der Waals surface area (Å²) in [6, 6.07) is 4.68. The van der Waals surface area contributed by atoms with Gasteiger partial charge in [0.2, 0.25) is 0 Å². The Balaban J connectivity index is 2.04. The number of rotatable bonds is 2. The smallest absolute Gasteiger partial charge is 0.129 e. The van der Waals surface area contributed by atoms with Gasteiger partial charge in [-0.3, -0.25) is 0 Å². The fourth-order valence-corrected chi connectivity index (χ4v) is 2.15. The van der Waals surface area contributed by atoms with Crippen LogP contribution in [0.2, 0.25) is 0 Å². The van der Waals surface area contributed by atoms with Crippen LogP contribution in [0.4, 0.5) is 5.69 Å². The van der Waals surface area contributed by atoms with Gasteiger partial charge in [-0.1, -0.05) is 12.8 Å². The molecule has 1 aliphatic rings. The molecule has 0 amide bonds. The average Bonchev–Trinajstić information content (AvgIpc) is 2.61. The Morgan fingerprint density at radius 1 is 1.38 bits per heavy atom. The Bertz CT molecular complexity index is 282. The second kappa shape index (κ2) is 4.09. The highest BCUT2D eigenvalue weighted by atomic mass is 79.9. The molecule has 3 heteroatoms. The van der Waals surface area contributed by atoms with Crippen molar-refractivity contribution in [1.29, 1.82) is 0 Å². The van der Waals surface area contributed by atoms with Crippen LogP contribution in [0.5, 0.6) is 0 Å². The zero-order valence-corrected chi connectivity index (χ0v) is 9.05. The SMILES string of the molecule is Brc1ncccc1NC1CCCC1. The maximum atomic E-state index is 4.18. The fourth-order valence-electron chi connectivity index (χ4n) is 1.78. The lowest BCUT2D eigenvalue weighted by Gasteiger charge is -2.13. The molecule has 0 radical (unpaired) electrons. The fraction of sp³-hybridized carbons (Fsp3) is 0.500. The van der Waals surface area contributed by atoms with Crippen molar-refractivity contribution in [2.75, 3.05) is 5.32 Å². The molecule has 0 bridgehead atoms. The van der Waals surface area contributed by atoms with E-state index in [-0.39, 0.29) is 0 Å². The van der Waals surface area contributed by atoms with E-state index < -0.39 is 0 Å². The molecule has 1 heterocycles. The van der Waals surface area contributed by atoms with Crippen molar-refractivity contribution in [3.63, 3.8) is 0 Å². The molecule has 1 aliphatic carbocycles. The predicted molar refractivity (Wildman–Crippen MR) is 57.8 cm³/mol. The van der Waals surface area contributed by atoms with Gasteiger partial charge in [0, 0.05) is 12.2 Å². The molecule has 1 aromatic heterocycles. The summed E-state index contributed by atoms with van der Waals surface area (Å²) in [5.74, 6) is 0. The molecule has 70 valence electrons. The highest BCUT2D eigenvalue weighted by molar-refractivity contribution is 9.10. The molecular weight excluding hydrogens is 228 g/mol. The van der Waals surface area contributed by atoms with Gasteiger partial charge in [-0.15, -0.1) is 0 Å². The Morgan fingerprint density at radius 3 is 2.85 bits per heavy atom. The first-order valence-corrected chi connectivity index (χ1v) is 5.52. The molecule has 0 saturated heterocycles. The van der Waals surface area contributed by atoms with E-state index in [0.29, 0.717) is 6.04 Å². The minimum Gasteiger partial charge on any atom is -0.380 e. The van der Waals surface area contributed by atoms with E-state index >= 15 is 0 Å². The van der Waals surface area contributed by atoms with Crippen molar-refractivity contribution in [3.05, 3.63) is 22.9 Å². The normalized spacial score (nSPS) is 17.6.